The number of allylic oxidation sites excluding steroid dienone is 1. The Kier molecular flexibility index (Phi) is 4.00. The van der Waals surface area contributed by atoms with Crippen LogP contribution in [0.15, 0.2) is 11.6 Å². The molecular weight excluding hydrogens is 340 g/mol. The maximum Gasteiger partial charge on any atom is 0.170 e. The summed E-state index contributed by atoms with van der Waals surface area (Å²) in [6, 6.07) is 0. The fourth-order valence-electron chi connectivity index (χ4n) is 7.94. The van der Waals surface area contributed by atoms with E-state index in [9.17, 15) is 9.90 Å². The van der Waals surface area contributed by atoms with Crippen LogP contribution in [0.3, 0.4) is 0 Å². The van der Waals surface area contributed by atoms with Gasteiger partial charge in [-0.3, -0.25) is 4.79 Å². The van der Waals surface area contributed by atoms with Crippen molar-refractivity contribution < 1.29 is 19.4 Å². The molecule has 0 radical (unpaired) electrons. The minimum Gasteiger partial charge on any atom is -0.393 e. The van der Waals surface area contributed by atoms with Crippen LogP contribution in [0.1, 0.15) is 65.2 Å². The van der Waals surface area contributed by atoms with Crippen molar-refractivity contribution >= 4 is 5.78 Å². The van der Waals surface area contributed by atoms with E-state index in [1.807, 2.05) is 0 Å². The number of Topliss-reactive ketones (excluding diaryl/α,β-unsaturated/α-hetero) is 1. The molecule has 4 nitrogen and oxygen atoms in total. The van der Waals surface area contributed by atoms with Gasteiger partial charge in [0.05, 0.1) is 18.8 Å². The molecule has 3 saturated carbocycles. The van der Waals surface area contributed by atoms with Crippen molar-refractivity contribution in [3.05, 3.63) is 11.6 Å². The molecule has 4 heteroatoms. The van der Waals surface area contributed by atoms with E-state index in [4.69, 9.17) is 9.47 Å². The molecule has 1 saturated heterocycles. The molecular formula is C23H34O4. The van der Waals surface area contributed by atoms with Gasteiger partial charge in [-0.1, -0.05) is 25.5 Å². The van der Waals surface area contributed by atoms with E-state index >= 15 is 0 Å². The Balaban J connectivity index is 1.44. The number of carbonyl (C=O) groups is 1. The van der Waals surface area contributed by atoms with Gasteiger partial charge in [0.1, 0.15) is 0 Å². The number of aliphatic hydroxyl groups is 1. The third kappa shape index (κ3) is 2.24. The number of fused-ring (bicyclic) bond motifs is 7. The Morgan fingerprint density at radius 2 is 2.11 bits per heavy atom. The summed E-state index contributed by atoms with van der Waals surface area (Å²) in [7, 11) is 1.66. The van der Waals surface area contributed by atoms with Crippen molar-refractivity contribution in [2.24, 2.45) is 28.6 Å². The standard InChI is InChI=1S/C23H34O4/c1-21-9-6-15(24)12-14(21)4-5-16-17(21)7-10-22(2)18(16)13-20-23(22,27-20)19(25)8-11-26-3/h4,15-18,20,24H,5-13H2,1-3H3/t15?,16?,17?,18?,20-,21+,22+,23-/m1/s1. The van der Waals surface area contributed by atoms with Crippen LogP contribution in [0, 0.1) is 28.6 Å². The van der Waals surface area contributed by atoms with Crippen molar-refractivity contribution in [3.63, 3.8) is 0 Å². The van der Waals surface area contributed by atoms with Crippen LogP contribution in [0.4, 0.5) is 0 Å². The van der Waals surface area contributed by atoms with E-state index in [2.05, 4.69) is 19.9 Å². The second kappa shape index (κ2) is 5.90. The lowest BCUT2D eigenvalue weighted by Gasteiger charge is -2.58. The summed E-state index contributed by atoms with van der Waals surface area (Å²) in [5.74, 6) is 2.22. The van der Waals surface area contributed by atoms with Gasteiger partial charge in [-0.2, -0.15) is 0 Å². The summed E-state index contributed by atoms with van der Waals surface area (Å²) in [6.45, 7) is 5.30. The Labute approximate surface area is 162 Å². The van der Waals surface area contributed by atoms with Crippen LogP contribution in [0.5, 0.6) is 0 Å². The average Bonchev–Trinajstić information content (AvgIpc) is 3.32. The molecule has 4 fully saturated rings. The van der Waals surface area contributed by atoms with Crippen molar-refractivity contribution in [1.29, 1.82) is 0 Å². The topological polar surface area (TPSA) is 59.1 Å². The van der Waals surface area contributed by atoms with Gasteiger partial charge in [0, 0.05) is 18.9 Å². The summed E-state index contributed by atoms with van der Waals surface area (Å²) in [6.07, 6.45) is 10.3. The molecule has 0 spiro atoms. The van der Waals surface area contributed by atoms with Gasteiger partial charge in [0.2, 0.25) is 0 Å². The molecule has 1 aliphatic heterocycles. The van der Waals surface area contributed by atoms with Crippen molar-refractivity contribution in [2.45, 2.75) is 83.0 Å². The third-order valence-electron chi connectivity index (χ3n) is 9.46. The first-order valence-corrected chi connectivity index (χ1v) is 10.9. The fraction of sp³-hybridized carbons (Fsp3) is 0.870. The van der Waals surface area contributed by atoms with Gasteiger partial charge in [-0.15, -0.1) is 0 Å². The molecule has 1 heterocycles. The largest absolute Gasteiger partial charge is 0.393 e. The van der Waals surface area contributed by atoms with E-state index < -0.39 is 5.60 Å². The van der Waals surface area contributed by atoms with Gasteiger partial charge in [0.25, 0.3) is 0 Å². The Morgan fingerprint density at radius 1 is 1.30 bits per heavy atom. The Bertz CT molecular complexity index is 686. The molecule has 0 aromatic heterocycles. The van der Waals surface area contributed by atoms with E-state index in [-0.39, 0.29) is 28.8 Å². The first kappa shape index (κ1) is 18.3. The molecule has 5 aliphatic rings. The lowest BCUT2D eigenvalue weighted by molar-refractivity contribution is -0.138. The van der Waals surface area contributed by atoms with Crippen molar-refractivity contribution in [2.75, 3.05) is 13.7 Å². The number of epoxide rings is 1. The number of aliphatic hydroxyl groups excluding tert-OH is 1. The molecule has 1 N–H and O–H groups in total. The number of ether oxygens (including phenoxy) is 2. The maximum absolute atomic E-state index is 13.1. The fourth-order valence-corrected chi connectivity index (χ4v) is 7.94. The van der Waals surface area contributed by atoms with E-state index in [1.54, 1.807) is 7.11 Å². The van der Waals surface area contributed by atoms with Gasteiger partial charge < -0.3 is 14.6 Å². The molecule has 0 bridgehead atoms. The monoisotopic (exact) mass is 374 g/mol. The lowest BCUT2D eigenvalue weighted by Crippen LogP contribution is -2.54. The molecule has 4 unspecified atom stereocenters. The normalized spacial score (nSPS) is 52.9. The number of rotatable bonds is 4. The van der Waals surface area contributed by atoms with Crippen LogP contribution in [-0.2, 0) is 14.3 Å². The molecule has 8 atom stereocenters. The minimum absolute atomic E-state index is 0.0143. The Morgan fingerprint density at radius 3 is 2.89 bits per heavy atom. The van der Waals surface area contributed by atoms with Gasteiger partial charge in [-0.05, 0) is 68.1 Å². The zero-order valence-electron chi connectivity index (χ0n) is 17.0. The van der Waals surface area contributed by atoms with Crippen LogP contribution in [0.2, 0.25) is 0 Å². The maximum atomic E-state index is 13.1. The SMILES string of the molecule is COCCC(=O)[C@@]12O[C@@H]1CC1C3CC=C4CC(O)CC[C@]4(C)C3CC[C@@]12C. The summed E-state index contributed by atoms with van der Waals surface area (Å²) in [5.41, 5.74) is 1.23. The molecule has 5 rings (SSSR count). The predicted molar refractivity (Wildman–Crippen MR) is 102 cm³/mol. The van der Waals surface area contributed by atoms with Gasteiger partial charge >= 0.3 is 0 Å². The highest BCUT2D eigenvalue weighted by Crippen LogP contribution is 2.73. The minimum atomic E-state index is -0.519. The van der Waals surface area contributed by atoms with Crippen LogP contribution >= 0.6 is 0 Å². The molecule has 0 aromatic rings. The zero-order valence-corrected chi connectivity index (χ0v) is 17.0. The van der Waals surface area contributed by atoms with E-state index in [0.717, 1.165) is 38.5 Å². The summed E-state index contributed by atoms with van der Waals surface area (Å²) in [5, 5.41) is 10.2. The number of hydrogen-bond donors (Lipinski definition) is 1. The quantitative estimate of drug-likeness (QED) is 0.603. The molecule has 27 heavy (non-hydrogen) atoms. The Hall–Kier alpha value is -0.710. The molecule has 0 aromatic carbocycles. The number of hydrogen-bond acceptors (Lipinski definition) is 4. The number of methoxy groups -OCH3 is 1. The molecule has 4 aliphatic carbocycles. The first-order valence-electron chi connectivity index (χ1n) is 10.9. The van der Waals surface area contributed by atoms with Gasteiger partial charge in [0.15, 0.2) is 11.4 Å². The van der Waals surface area contributed by atoms with Crippen molar-refractivity contribution in [1.82, 2.24) is 0 Å². The third-order valence-corrected chi connectivity index (χ3v) is 9.46. The van der Waals surface area contributed by atoms with Gasteiger partial charge in [-0.25, -0.2) is 0 Å². The summed E-state index contributed by atoms with van der Waals surface area (Å²) < 4.78 is 11.3. The zero-order chi connectivity index (χ0) is 19.0. The highest BCUT2D eigenvalue weighted by molar-refractivity contribution is 5.92. The highest BCUT2D eigenvalue weighted by Gasteiger charge is 2.79. The van der Waals surface area contributed by atoms with Crippen LogP contribution in [0.25, 0.3) is 0 Å². The summed E-state index contributed by atoms with van der Waals surface area (Å²) >= 11 is 0. The second-order valence-electron chi connectivity index (χ2n) is 10.4. The lowest BCUT2D eigenvalue weighted by atomic mass is 9.47. The van der Waals surface area contributed by atoms with E-state index in [0.29, 0.717) is 30.8 Å². The second-order valence-corrected chi connectivity index (χ2v) is 10.4. The number of ketones is 1. The van der Waals surface area contributed by atoms with Crippen LogP contribution in [-0.4, -0.2) is 42.4 Å². The van der Waals surface area contributed by atoms with Crippen molar-refractivity contribution in [3.8, 4) is 0 Å². The molecule has 150 valence electrons. The average molecular weight is 375 g/mol. The smallest absolute Gasteiger partial charge is 0.170 e. The first-order chi connectivity index (χ1) is 12.9. The summed E-state index contributed by atoms with van der Waals surface area (Å²) in [4.78, 5) is 13.1. The predicted octanol–water partition coefficient (Wildman–Crippen LogP) is 3.66. The van der Waals surface area contributed by atoms with E-state index in [1.165, 1.54) is 12.0 Å². The van der Waals surface area contributed by atoms with Crippen LogP contribution < -0.4 is 0 Å². The number of carbonyl (C=O) groups excluding carboxylic acids is 1. The molecule has 0 amide bonds. The highest BCUT2D eigenvalue weighted by atomic mass is 16.6.